The van der Waals surface area contributed by atoms with Crippen molar-refractivity contribution >= 4 is 53.4 Å². The van der Waals surface area contributed by atoms with E-state index in [4.69, 9.17) is 19.4 Å². The Morgan fingerprint density at radius 3 is 1.95 bits per heavy atom. The Morgan fingerprint density at radius 2 is 1.05 bits per heavy atom. The molecule has 0 saturated carbocycles. The molecule has 44 heavy (non-hydrogen) atoms. The molecule has 0 unspecified atom stereocenters. The third kappa shape index (κ3) is 4.02. The lowest BCUT2D eigenvalue weighted by Gasteiger charge is -2.11. The molecule has 5 heteroatoms. The number of hydrogen-bond acceptors (Lipinski definition) is 5. The van der Waals surface area contributed by atoms with Gasteiger partial charge in [0.1, 0.15) is 11.2 Å². The van der Waals surface area contributed by atoms with Crippen LogP contribution in [0.2, 0.25) is 0 Å². The Labute approximate surface area is 256 Å². The van der Waals surface area contributed by atoms with E-state index < -0.39 is 0 Å². The van der Waals surface area contributed by atoms with Gasteiger partial charge in [0, 0.05) is 42.1 Å². The zero-order chi connectivity index (χ0) is 29.0. The molecule has 3 aromatic heterocycles. The van der Waals surface area contributed by atoms with Crippen LogP contribution in [0.25, 0.3) is 87.4 Å². The Hall–Kier alpha value is -5.65. The van der Waals surface area contributed by atoms with E-state index >= 15 is 0 Å². The zero-order valence-electron chi connectivity index (χ0n) is 23.4. The van der Waals surface area contributed by atoms with Crippen LogP contribution in [0.4, 0.5) is 0 Å². The zero-order valence-corrected chi connectivity index (χ0v) is 24.3. The molecule has 0 atom stereocenters. The third-order valence-corrected chi connectivity index (χ3v) is 9.29. The predicted octanol–water partition coefficient (Wildman–Crippen LogP) is 10.8. The van der Waals surface area contributed by atoms with Crippen molar-refractivity contribution in [3.8, 4) is 45.3 Å². The average Bonchev–Trinajstić information content (AvgIpc) is 3.67. The van der Waals surface area contributed by atoms with E-state index in [2.05, 4.69) is 103 Å². The van der Waals surface area contributed by atoms with Crippen molar-refractivity contribution in [3.05, 3.63) is 140 Å². The highest BCUT2D eigenvalue weighted by molar-refractivity contribution is 7.25. The first-order valence-electron chi connectivity index (χ1n) is 14.5. The van der Waals surface area contributed by atoms with Gasteiger partial charge < -0.3 is 4.42 Å². The lowest BCUT2D eigenvalue weighted by Crippen LogP contribution is -2.00. The van der Waals surface area contributed by atoms with Crippen molar-refractivity contribution in [1.82, 2.24) is 15.0 Å². The number of nitrogens with zero attached hydrogens (tertiary/aromatic N) is 3. The van der Waals surface area contributed by atoms with Gasteiger partial charge in [0.25, 0.3) is 0 Å². The molecule has 0 spiro atoms. The monoisotopic (exact) mass is 581 g/mol. The minimum Gasteiger partial charge on any atom is -0.455 e. The molecule has 0 aliphatic heterocycles. The van der Waals surface area contributed by atoms with Gasteiger partial charge in [-0.2, -0.15) is 0 Å². The topological polar surface area (TPSA) is 51.8 Å². The molecule has 9 rings (SSSR count). The summed E-state index contributed by atoms with van der Waals surface area (Å²) < 4.78 is 8.87. The van der Waals surface area contributed by atoms with Crippen molar-refractivity contribution in [2.24, 2.45) is 0 Å². The molecule has 0 amide bonds. The average molecular weight is 582 g/mol. The van der Waals surface area contributed by atoms with Gasteiger partial charge in [-0.05, 0) is 41.5 Å². The van der Waals surface area contributed by atoms with Crippen LogP contribution in [0.1, 0.15) is 0 Å². The summed E-state index contributed by atoms with van der Waals surface area (Å²) in [6, 6.07) is 48.0. The van der Waals surface area contributed by atoms with E-state index in [1.54, 1.807) is 11.3 Å². The van der Waals surface area contributed by atoms with Gasteiger partial charge in [0.15, 0.2) is 17.5 Å². The highest BCUT2D eigenvalue weighted by Gasteiger charge is 2.20. The van der Waals surface area contributed by atoms with Gasteiger partial charge in [0.05, 0.1) is 5.56 Å². The lowest BCUT2D eigenvalue weighted by atomic mass is 10.0. The van der Waals surface area contributed by atoms with Crippen LogP contribution in [0.15, 0.2) is 144 Å². The van der Waals surface area contributed by atoms with Gasteiger partial charge in [-0.15, -0.1) is 11.3 Å². The Kier molecular flexibility index (Phi) is 5.64. The first-order chi connectivity index (χ1) is 21.8. The van der Waals surface area contributed by atoms with Crippen LogP contribution < -0.4 is 0 Å². The largest absolute Gasteiger partial charge is 0.455 e. The van der Waals surface area contributed by atoms with Crippen LogP contribution in [0.5, 0.6) is 0 Å². The number of thiophene rings is 1. The van der Waals surface area contributed by atoms with E-state index in [0.717, 1.165) is 55.1 Å². The SMILES string of the molecule is c1ccc(-c2cccc(-c3nc(-c4cccc5c4oc4ccccc45)nc(-c4cccc5sc6ccccc6c45)n3)c2)cc1. The number of rotatable bonds is 4. The summed E-state index contributed by atoms with van der Waals surface area (Å²) in [7, 11) is 0. The Morgan fingerprint density at radius 1 is 0.432 bits per heavy atom. The highest BCUT2D eigenvalue weighted by atomic mass is 32.1. The number of hydrogen-bond donors (Lipinski definition) is 0. The van der Waals surface area contributed by atoms with Crippen molar-refractivity contribution in [2.75, 3.05) is 0 Å². The van der Waals surface area contributed by atoms with Crippen LogP contribution in [-0.2, 0) is 0 Å². The van der Waals surface area contributed by atoms with Gasteiger partial charge in [-0.25, -0.2) is 15.0 Å². The number of benzene rings is 6. The van der Waals surface area contributed by atoms with Crippen LogP contribution in [0, 0.1) is 0 Å². The maximum absolute atomic E-state index is 6.42. The number of fused-ring (bicyclic) bond motifs is 6. The Bertz CT molecular complexity index is 2510. The summed E-state index contributed by atoms with van der Waals surface area (Å²) >= 11 is 1.79. The van der Waals surface area contributed by atoms with E-state index in [1.165, 1.54) is 14.8 Å². The number of para-hydroxylation sites is 2. The molecular formula is C39H23N3OS. The normalized spacial score (nSPS) is 11.6. The van der Waals surface area contributed by atoms with Crippen LogP contribution >= 0.6 is 11.3 Å². The first-order valence-corrected chi connectivity index (χ1v) is 15.3. The summed E-state index contributed by atoms with van der Waals surface area (Å²) in [5, 5.41) is 4.48. The van der Waals surface area contributed by atoms with Crippen molar-refractivity contribution in [3.63, 3.8) is 0 Å². The second kappa shape index (κ2) is 9.97. The number of aromatic nitrogens is 3. The second-order valence-electron chi connectivity index (χ2n) is 10.8. The van der Waals surface area contributed by atoms with Crippen LogP contribution in [0.3, 0.4) is 0 Å². The van der Waals surface area contributed by atoms with E-state index in [1.807, 2.05) is 36.4 Å². The Balaban J connectivity index is 1.32. The van der Waals surface area contributed by atoms with E-state index in [9.17, 15) is 0 Å². The summed E-state index contributed by atoms with van der Waals surface area (Å²) in [5.41, 5.74) is 6.62. The second-order valence-corrected chi connectivity index (χ2v) is 11.9. The van der Waals surface area contributed by atoms with Gasteiger partial charge in [-0.3, -0.25) is 0 Å². The summed E-state index contributed by atoms with van der Waals surface area (Å²) in [6.07, 6.45) is 0. The molecule has 0 N–H and O–H groups in total. The molecule has 0 aliphatic rings. The maximum atomic E-state index is 6.42. The molecule has 0 fully saturated rings. The molecule has 0 radical (unpaired) electrons. The van der Waals surface area contributed by atoms with Crippen molar-refractivity contribution in [2.45, 2.75) is 0 Å². The van der Waals surface area contributed by atoms with Crippen molar-refractivity contribution < 1.29 is 4.42 Å². The summed E-state index contributed by atoms with van der Waals surface area (Å²) in [6.45, 7) is 0. The molecule has 206 valence electrons. The minimum absolute atomic E-state index is 0.580. The van der Waals surface area contributed by atoms with Crippen LogP contribution in [-0.4, -0.2) is 15.0 Å². The molecule has 0 aliphatic carbocycles. The third-order valence-electron chi connectivity index (χ3n) is 8.15. The molecular weight excluding hydrogens is 559 g/mol. The van der Waals surface area contributed by atoms with Crippen molar-refractivity contribution in [1.29, 1.82) is 0 Å². The fourth-order valence-electron chi connectivity index (χ4n) is 6.10. The smallest absolute Gasteiger partial charge is 0.167 e. The molecule has 0 saturated heterocycles. The molecule has 4 nitrogen and oxygen atoms in total. The fourth-order valence-corrected chi connectivity index (χ4v) is 7.23. The first kappa shape index (κ1) is 24.9. The van der Waals surface area contributed by atoms with Gasteiger partial charge in [-0.1, -0.05) is 109 Å². The standard InChI is InChI=1S/C39H23N3OS/c1-2-11-24(12-3-1)25-13-8-14-26(23-25)37-40-38(30-18-10-22-34-35(30)29-16-5-7-21-33(29)44-34)42-39(41-37)31-19-9-17-28-27-15-4-6-20-32(27)43-36(28)31/h1-23H. The number of furan rings is 1. The van der Waals surface area contributed by atoms with Gasteiger partial charge >= 0.3 is 0 Å². The maximum Gasteiger partial charge on any atom is 0.167 e. The van der Waals surface area contributed by atoms with E-state index in [-0.39, 0.29) is 0 Å². The van der Waals surface area contributed by atoms with E-state index in [0.29, 0.717) is 17.5 Å². The fraction of sp³-hybridized carbons (Fsp3) is 0. The summed E-state index contributed by atoms with van der Waals surface area (Å²) in [5.74, 6) is 1.83. The molecule has 0 bridgehead atoms. The molecule has 3 heterocycles. The molecule has 9 aromatic rings. The summed E-state index contributed by atoms with van der Waals surface area (Å²) in [4.78, 5) is 15.4. The quantitative estimate of drug-likeness (QED) is 0.207. The lowest BCUT2D eigenvalue weighted by molar-refractivity contribution is 0.669. The molecule has 6 aromatic carbocycles. The highest BCUT2D eigenvalue weighted by Crippen LogP contribution is 2.40. The minimum atomic E-state index is 0.580. The van der Waals surface area contributed by atoms with Gasteiger partial charge in [0.2, 0.25) is 0 Å². The predicted molar refractivity (Wildman–Crippen MR) is 182 cm³/mol.